The molecule has 9 heteroatoms. The van der Waals surface area contributed by atoms with Crippen LogP contribution in [0.1, 0.15) is 85.5 Å². The first-order chi connectivity index (χ1) is 19.4. The summed E-state index contributed by atoms with van der Waals surface area (Å²) < 4.78 is 28.9. The standard InChI is InChI=1S/C32H48O9/c1-17-26(35)27(37-5)28(40-18(2)33)29(39-17)41-21-8-11-30(3)20(15-21)6-7-24-23(30)9-12-31(4)22(10-13-32(24,31)36)19-14-25(34)38-16-19/h14,17,20-24,26-29,35-36H,6-13,15-16H2,1-5H3/t17-,20-,21-,22-,23-,24+,26-,27+,28-,29+,30-,31+,32-/m0/s1. The number of rotatable bonds is 5. The molecular weight excluding hydrogens is 528 g/mol. The van der Waals surface area contributed by atoms with Gasteiger partial charge in [-0.1, -0.05) is 13.8 Å². The van der Waals surface area contributed by atoms with Gasteiger partial charge in [0.2, 0.25) is 0 Å². The molecule has 0 radical (unpaired) electrons. The summed E-state index contributed by atoms with van der Waals surface area (Å²) in [6, 6.07) is 0. The zero-order valence-corrected chi connectivity index (χ0v) is 25.2. The maximum absolute atomic E-state index is 12.5. The minimum absolute atomic E-state index is 0.0488. The Morgan fingerprint density at radius 3 is 2.51 bits per heavy atom. The van der Waals surface area contributed by atoms with Crippen molar-refractivity contribution in [1.82, 2.24) is 0 Å². The molecule has 2 N–H and O–H groups in total. The fourth-order valence-electron chi connectivity index (χ4n) is 10.4. The molecule has 4 saturated carbocycles. The average molecular weight is 577 g/mol. The first-order valence-electron chi connectivity index (χ1n) is 15.7. The number of fused-ring (bicyclic) bond motifs is 5. The van der Waals surface area contributed by atoms with Crippen molar-refractivity contribution in [2.45, 2.75) is 128 Å². The fourth-order valence-corrected chi connectivity index (χ4v) is 10.4. The number of carbonyl (C=O) groups excluding carboxylic acids is 2. The first-order valence-corrected chi connectivity index (χ1v) is 15.7. The lowest BCUT2D eigenvalue weighted by Crippen LogP contribution is -2.63. The maximum atomic E-state index is 12.5. The molecule has 0 amide bonds. The summed E-state index contributed by atoms with van der Waals surface area (Å²) in [7, 11) is 1.50. The number of cyclic esters (lactones) is 1. The van der Waals surface area contributed by atoms with Crippen LogP contribution >= 0.6 is 0 Å². The van der Waals surface area contributed by atoms with E-state index in [1.807, 2.05) is 0 Å². The normalized spacial score (nSPS) is 51.2. The summed E-state index contributed by atoms with van der Waals surface area (Å²) in [6.07, 6.45) is 6.35. The second-order valence-corrected chi connectivity index (χ2v) is 14.3. The molecule has 41 heavy (non-hydrogen) atoms. The summed E-state index contributed by atoms with van der Waals surface area (Å²) in [5, 5.41) is 23.1. The van der Waals surface area contributed by atoms with Crippen LogP contribution in [-0.4, -0.2) is 78.3 Å². The quantitative estimate of drug-likeness (QED) is 0.373. The minimum atomic E-state index is -0.926. The Kier molecular flexibility index (Phi) is 7.62. The Bertz CT molecular complexity index is 1080. The van der Waals surface area contributed by atoms with E-state index in [1.165, 1.54) is 14.0 Å². The highest BCUT2D eigenvalue weighted by Crippen LogP contribution is 2.70. The van der Waals surface area contributed by atoms with E-state index in [9.17, 15) is 19.8 Å². The molecule has 13 atom stereocenters. The zero-order chi connectivity index (χ0) is 29.3. The van der Waals surface area contributed by atoms with E-state index < -0.39 is 42.3 Å². The Morgan fingerprint density at radius 2 is 1.83 bits per heavy atom. The third-order valence-electron chi connectivity index (χ3n) is 12.6. The molecule has 1 saturated heterocycles. The van der Waals surface area contributed by atoms with Crippen LogP contribution in [0.4, 0.5) is 0 Å². The third kappa shape index (κ3) is 4.60. The van der Waals surface area contributed by atoms with Crippen LogP contribution in [0.2, 0.25) is 0 Å². The maximum Gasteiger partial charge on any atom is 0.331 e. The molecule has 2 heterocycles. The van der Waals surface area contributed by atoms with E-state index in [0.717, 1.165) is 63.4 Å². The smallest absolute Gasteiger partial charge is 0.331 e. The Labute approximate surface area is 243 Å². The molecule has 0 bridgehead atoms. The molecule has 0 aromatic carbocycles. The van der Waals surface area contributed by atoms with E-state index >= 15 is 0 Å². The number of esters is 2. The molecule has 2 aliphatic heterocycles. The van der Waals surface area contributed by atoms with Crippen LogP contribution in [-0.2, 0) is 33.3 Å². The van der Waals surface area contributed by atoms with Crippen molar-refractivity contribution in [2.75, 3.05) is 13.7 Å². The van der Waals surface area contributed by atoms with E-state index in [4.69, 9.17) is 23.7 Å². The number of hydrogen-bond acceptors (Lipinski definition) is 9. The van der Waals surface area contributed by atoms with Crippen molar-refractivity contribution in [3.63, 3.8) is 0 Å². The summed E-state index contributed by atoms with van der Waals surface area (Å²) in [5.41, 5.74) is 0.221. The van der Waals surface area contributed by atoms with Crippen molar-refractivity contribution >= 4 is 11.9 Å². The number of methoxy groups -OCH3 is 1. The predicted molar refractivity (Wildman–Crippen MR) is 147 cm³/mol. The first kappa shape index (κ1) is 29.5. The van der Waals surface area contributed by atoms with Gasteiger partial charge in [-0.15, -0.1) is 0 Å². The highest BCUT2D eigenvalue weighted by molar-refractivity contribution is 5.85. The van der Waals surface area contributed by atoms with Gasteiger partial charge in [0.05, 0.1) is 17.8 Å². The topological polar surface area (TPSA) is 121 Å². The number of hydrogen-bond donors (Lipinski definition) is 2. The van der Waals surface area contributed by atoms with Crippen molar-refractivity contribution in [1.29, 1.82) is 0 Å². The molecule has 6 rings (SSSR count). The SMILES string of the molecule is CO[C@@H]1[C@@H](O)[C@H](C)O[C@H](O[C@H]2CC[C@@]3(C)[C@@H](CC[C@@H]4[C@@H]3CC[C@]3(C)[C@H](C5=CC(=O)OC5)CC[C@]43O)C2)[C@H]1OC(C)=O. The van der Waals surface area contributed by atoms with Gasteiger partial charge in [0, 0.05) is 25.5 Å². The second-order valence-electron chi connectivity index (χ2n) is 14.3. The minimum Gasteiger partial charge on any atom is -0.458 e. The van der Waals surface area contributed by atoms with Crippen molar-refractivity contribution in [2.24, 2.45) is 34.5 Å². The van der Waals surface area contributed by atoms with E-state index in [1.54, 1.807) is 13.0 Å². The molecule has 0 aromatic heterocycles. The molecule has 5 fully saturated rings. The van der Waals surface area contributed by atoms with E-state index in [-0.39, 0.29) is 34.7 Å². The highest BCUT2D eigenvalue weighted by Gasteiger charge is 2.67. The van der Waals surface area contributed by atoms with Crippen LogP contribution in [0.3, 0.4) is 0 Å². The van der Waals surface area contributed by atoms with Gasteiger partial charge < -0.3 is 33.9 Å². The lowest BCUT2D eigenvalue weighted by atomic mass is 9.43. The monoisotopic (exact) mass is 576 g/mol. The van der Waals surface area contributed by atoms with Gasteiger partial charge in [-0.25, -0.2) is 4.79 Å². The molecule has 6 aliphatic rings. The van der Waals surface area contributed by atoms with Gasteiger partial charge >= 0.3 is 11.9 Å². The Hall–Kier alpha value is -1.52. The van der Waals surface area contributed by atoms with Gasteiger partial charge in [-0.3, -0.25) is 4.79 Å². The Balaban J connectivity index is 1.16. The molecule has 0 unspecified atom stereocenters. The Morgan fingerprint density at radius 1 is 1.05 bits per heavy atom. The van der Waals surface area contributed by atoms with Crippen molar-refractivity contribution < 1.29 is 43.5 Å². The molecule has 0 aromatic rings. The molecule has 230 valence electrons. The van der Waals surface area contributed by atoms with Crippen LogP contribution < -0.4 is 0 Å². The van der Waals surface area contributed by atoms with Gasteiger partial charge in [0.25, 0.3) is 0 Å². The third-order valence-corrected chi connectivity index (χ3v) is 12.6. The van der Waals surface area contributed by atoms with Crippen LogP contribution in [0.25, 0.3) is 0 Å². The lowest BCUT2D eigenvalue weighted by molar-refractivity contribution is -0.315. The number of aliphatic hydroxyl groups is 2. The molecular formula is C32H48O9. The summed E-state index contributed by atoms with van der Waals surface area (Å²) in [5.74, 6) is 0.650. The number of ether oxygens (including phenoxy) is 5. The van der Waals surface area contributed by atoms with Gasteiger partial charge in [0.15, 0.2) is 12.4 Å². The van der Waals surface area contributed by atoms with Gasteiger partial charge in [-0.05, 0) is 99.4 Å². The van der Waals surface area contributed by atoms with Crippen molar-refractivity contribution in [3.8, 4) is 0 Å². The van der Waals surface area contributed by atoms with Crippen molar-refractivity contribution in [3.05, 3.63) is 11.6 Å². The van der Waals surface area contributed by atoms with Gasteiger partial charge in [0.1, 0.15) is 18.8 Å². The van der Waals surface area contributed by atoms with E-state index in [2.05, 4.69) is 13.8 Å². The van der Waals surface area contributed by atoms with E-state index in [0.29, 0.717) is 18.4 Å². The molecule has 0 spiro atoms. The lowest BCUT2D eigenvalue weighted by Gasteiger charge is -2.64. The van der Waals surface area contributed by atoms with Crippen LogP contribution in [0.5, 0.6) is 0 Å². The second kappa shape index (κ2) is 10.6. The highest BCUT2D eigenvalue weighted by atomic mass is 16.7. The zero-order valence-electron chi connectivity index (χ0n) is 25.2. The summed E-state index contributed by atoms with van der Waals surface area (Å²) in [6.45, 7) is 8.19. The van der Waals surface area contributed by atoms with Crippen LogP contribution in [0, 0.1) is 34.5 Å². The van der Waals surface area contributed by atoms with Crippen LogP contribution in [0.15, 0.2) is 11.6 Å². The predicted octanol–water partition coefficient (Wildman–Crippen LogP) is 3.68. The fraction of sp³-hybridized carbons (Fsp3) is 0.875. The molecule has 9 nitrogen and oxygen atoms in total. The average Bonchev–Trinajstić information content (AvgIpc) is 3.46. The largest absolute Gasteiger partial charge is 0.458 e. The summed E-state index contributed by atoms with van der Waals surface area (Å²) >= 11 is 0. The number of carbonyl (C=O) groups is 2. The number of aliphatic hydroxyl groups excluding tert-OH is 1. The molecule has 4 aliphatic carbocycles. The van der Waals surface area contributed by atoms with Gasteiger partial charge in [-0.2, -0.15) is 0 Å². The summed E-state index contributed by atoms with van der Waals surface area (Å²) in [4.78, 5) is 23.7.